The molecule has 0 saturated carbocycles. The zero-order valence-electron chi connectivity index (χ0n) is 39.2. The molecule has 0 radical (unpaired) electrons. The number of esters is 3. The minimum Gasteiger partial charge on any atom is -0.462 e. The summed E-state index contributed by atoms with van der Waals surface area (Å²) in [6.07, 6.45) is 60.3. The molecule has 0 saturated heterocycles. The molecular weight excluding hydrogens is 745 g/mol. The van der Waals surface area contributed by atoms with Crippen LogP contribution in [-0.4, -0.2) is 37.2 Å². The Morgan fingerprint density at radius 3 is 1.02 bits per heavy atom. The topological polar surface area (TPSA) is 78.9 Å². The lowest BCUT2D eigenvalue weighted by atomic mass is 10.1. The van der Waals surface area contributed by atoms with Gasteiger partial charge in [-0.05, 0) is 83.5 Å². The van der Waals surface area contributed by atoms with E-state index >= 15 is 0 Å². The molecule has 0 aliphatic carbocycles. The summed E-state index contributed by atoms with van der Waals surface area (Å²) in [6.45, 7) is 6.37. The van der Waals surface area contributed by atoms with Crippen molar-refractivity contribution >= 4 is 17.9 Å². The Labute approximate surface area is 370 Å². The maximum atomic E-state index is 12.8. The highest BCUT2D eigenvalue weighted by molar-refractivity contribution is 5.71. The maximum absolute atomic E-state index is 12.8. The van der Waals surface area contributed by atoms with Gasteiger partial charge < -0.3 is 14.2 Å². The van der Waals surface area contributed by atoms with Gasteiger partial charge in [0.15, 0.2) is 6.10 Å². The molecule has 0 aromatic rings. The second-order valence-corrected chi connectivity index (χ2v) is 16.3. The normalized spacial score (nSPS) is 12.7. The minimum atomic E-state index is -0.781. The Kier molecular flexibility index (Phi) is 46.0. The molecular formula is C54H92O6. The van der Waals surface area contributed by atoms with Crippen LogP contribution in [0.2, 0.25) is 0 Å². The van der Waals surface area contributed by atoms with E-state index in [1.54, 1.807) is 0 Å². The van der Waals surface area contributed by atoms with Crippen molar-refractivity contribution in [3.05, 3.63) is 72.9 Å². The zero-order chi connectivity index (χ0) is 43.7. The van der Waals surface area contributed by atoms with Gasteiger partial charge in [-0.25, -0.2) is 0 Å². The molecule has 0 bridgehead atoms. The van der Waals surface area contributed by atoms with Gasteiger partial charge in [-0.2, -0.15) is 0 Å². The van der Waals surface area contributed by atoms with Crippen molar-refractivity contribution in [1.29, 1.82) is 0 Å². The average Bonchev–Trinajstić information content (AvgIpc) is 3.24. The molecule has 344 valence electrons. The van der Waals surface area contributed by atoms with Crippen LogP contribution in [0.15, 0.2) is 72.9 Å². The third-order valence-corrected chi connectivity index (χ3v) is 10.5. The van der Waals surface area contributed by atoms with Crippen LogP contribution in [0.5, 0.6) is 0 Å². The quantitative estimate of drug-likeness (QED) is 0.0263. The van der Waals surface area contributed by atoms with Crippen LogP contribution in [0.1, 0.15) is 233 Å². The monoisotopic (exact) mass is 837 g/mol. The molecule has 60 heavy (non-hydrogen) atoms. The first-order valence-electron chi connectivity index (χ1n) is 24.9. The first kappa shape index (κ1) is 56.9. The first-order chi connectivity index (χ1) is 29.5. The highest BCUT2D eigenvalue weighted by atomic mass is 16.6. The minimum absolute atomic E-state index is 0.0822. The summed E-state index contributed by atoms with van der Waals surface area (Å²) in [4.78, 5) is 37.8. The molecule has 0 N–H and O–H groups in total. The Morgan fingerprint density at radius 1 is 0.350 bits per heavy atom. The standard InChI is InChI=1S/C54H92O6/c1-4-7-10-13-16-19-21-23-25-27-29-31-33-35-38-41-44-47-53(56)59-50-51(49-58-52(55)46-43-40-37-18-15-12-9-6-3)60-54(57)48-45-42-39-36-34-32-30-28-26-24-22-20-17-14-11-8-5-2/h7-8,10-11,16-17,19-20,23-26,51H,4-6,9,12-15,18,21-22,27-50H2,1-3H3/b10-7-,11-8-,19-16-,20-17-,25-23-,26-24-. The lowest BCUT2D eigenvalue weighted by Gasteiger charge is -2.18. The third kappa shape index (κ3) is 45.9. The Morgan fingerprint density at radius 2 is 0.650 bits per heavy atom. The fraction of sp³-hybridized carbons (Fsp3) is 0.722. The van der Waals surface area contributed by atoms with E-state index in [1.165, 1.54) is 83.5 Å². The fourth-order valence-corrected chi connectivity index (χ4v) is 6.76. The Bertz CT molecular complexity index is 1140. The van der Waals surface area contributed by atoms with Gasteiger partial charge in [-0.1, -0.05) is 203 Å². The Balaban J connectivity index is 4.33. The van der Waals surface area contributed by atoms with Gasteiger partial charge >= 0.3 is 17.9 Å². The summed E-state index contributed by atoms with van der Waals surface area (Å²) in [5.41, 5.74) is 0. The van der Waals surface area contributed by atoms with Gasteiger partial charge in [0.2, 0.25) is 0 Å². The van der Waals surface area contributed by atoms with Crippen LogP contribution in [0, 0.1) is 0 Å². The molecule has 6 heteroatoms. The van der Waals surface area contributed by atoms with Gasteiger partial charge in [-0.3, -0.25) is 14.4 Å². The van der Waals surface area contributed by atoms with E-state index in [2.05, 4.69) is 93.7 Å². The predicted octanol–water partition coefficient (Wildman–Crippen LogP) is 16.3. The molecule has 0 aromatic carbocycles. The number of rotatable bonds is 44. The molecule has 0 aliphatic rings. The van der Waals surface area contributed by atoms with Crippen molar-refractivity contribution in [2.45, 2.75) is 239 Å². The molecule has 6 nitrogen and oxygen atoms in total. The number of unbranched alkanes of at least 4 members (excludes halogenated alkanes) is 21. The van der Waals surface area contributed by atoms with E-state index in [4.69, 9.17) is 14.2 Å². The predicted molar refractivity (Wildman–Crippen MR) is 256 cm³/mol. The molecule has 0 rings (SSSR count). The molecule has 0 spiro atoms. The summed E-state index contributed by atoms with van der Waals surface area (Å²) >= 11 is 0. The van der Waals surface area contributed by atoms with E-state index in [1.807, 2.05) is 0 Å². The molecule has 0 fully saturated rings. The number of hydrogen-bond donors (Lipinski definition) is 0. The summed E-state index contributed by atoms with van der Waals surface area (Å²) in [5, 5.41) is 0. The first-order valence-corrected chi connectivity index (χ1v) is 24.9. The third-order valence-electron chi connectivity index (χ3n) is 10.5. The van der Waals surface area contributed by atoms with E-state index in [9.17, 15) is 14.4 Å². The number of hydrogen-bond acceptors (Lipinski definition) is 6. The second-order valence-electron chi connectivity index (χ2n) is 16.3. The van der Waals surface area contributed by atoms with Gasteiger partial charge in [0.25, 0.3) is 0 Å². The van der Waals surface area contributed by atoms with Crippen molar-refractivity contribution in [3.63, 3.8) is 0 Å². The molecule has 0 aromatic heterocycles. The summed E-state index contributed by atoms with van der Waals surface area (Å²) < 4.78 is 16.7. The van der Waals surface area contributed by atoms with Crippen LogP contribution in [0.4, 0.5) is 0 Å². The maximum Gasteiger partial charge on any atom is 0.306 e. The van der Waals surface area contributed by atoms with Crippen molar-refractivity contribution in [2.75, 3.05) is 13.2 Å². The van der Waals surface area contributed by atoms with Crippen molar-refractivity contribution in [2.24, 2.45) is 0 Å². The SMILES string of the molecule is CC/C=C\C/C=C\C/C=C\CCCCCCCCCC(=O)OCC(COC(=O)CCCCCCCCCC)OC(=O)CCCCCCCCC/C=C\C/C=C\C/C=C\CC. The Hall–Kier alpha value is -3.15. The van der Waals surface area contributed by atoms with Gasteiger partial charge in [0.1, 0.15) is 13.2 Å². The highest BCUT2D eigenvalue weighted by Gasteiger charge is 2.19. The van der Waals surface area contributed by atoms with Crippen molar-refractivity contribution < 1.29 is 28.6 Å². The zero-order valence-corrected chi connectivity index (χ0v) is 39.2. The average molecular weight is 837 g/mol. The number of ether oxygens (including phenoxy) is 3. The van der Waals surface area contributed by atoms with Crippen LogP contribution in [0.25, 0.3) is 0 Å². The van der Waals surface area contributed by atoms with Gasteiger partial charge in [-0.15, -0.1) is 0 Å². The van der Waals surface area contributed by atoms with Gasteiger partial charge in [0.05, 0.1) is 0 Å². The molecule has 0 amide bonds. The van der Waals surface area contributed by atoms with Crippen LogP contribution < -0.4 is 0 Å². The number of carbonyl (C=O) groups is 3. The summed E-state index contributed by atoms with van der Waals surface area (Å²) in [6, 6.07) is 0. The van der Waals surface area contributed by atoms with Gasteiger partial charge in [0, 0.05) is 19.3 Å². The lowest BCUT2D eigenvalue weighted by Crippen LogP contribution is -2.30. The van der Waals surface area contributed by atoms with Crippen molar-refractivity contribution in [3.8, 4) is 0 Å². The lowest BCUT2D eigenvalue weighted by molar-refractivity contribution is -0.167. The van der Waals surface area contributed by atoms with Crippen LogP contribution >= 0.6 is 0 Å². The smallest absolute Gasteiger partial charge is 0.306 e. The van der Waals surface area contributed by atoms with Crippen LogP contribution in [-0.2, 0) is 28.6 Å². The molecule has 0 heterocycles. The van der Waals surface area contributed by atoms with E-state index in [-0.39, 0.29) is 31.1 Å². The van der Waals surface area contributed by atoms with E-state index in [0.29, 0.717) is 19.3 Å². The highest BCUT2D eigenvalue weighted by Crippen LogP contribution is 2.14. The van der Waals surface area contributed by atoms with E-state index < -0.39 is 6.10 Å². The largest absolute Gasteiger partial charge is 0.462 e. The molecule has 1 unspecified atom stereocenters. The second kappa shape index (κ2) is 48.5. The number of carbonyl (C=O) groups excluding carboxylic acids is 3. The van der Waals surface area contributed by atoms with E-state index in [0.717, 1.165) is 109 Å². The summed E-state index contributed by atoms with van der Waals surface area (Å²) in [7, 11) is 0. The molecule has 0 aliphatic heterocycles. The van der Waals surface area contributed by atoms with Crippen molar-refractivity contribution in [1.82, 2.24) is 0 Å². The number of allylic oxidation sites excluding steroid dienone is 12. The molecule has 1 atom stereocenters. The van der Waals surface area contributed by atoms with Crippen LogP contribution in [0.3, 0.4) is 0 Å². The fourth-order valence-electron chi connectivity index (χ4n) is 6.76. The summed E-state index contributed by atoms with van der Waals surface area (Å²) in [5.74, 6) is -0.906.